The van der Waals surface area contributed by atoms with Crippen LogP contribution < -0.4 is 10.1 Å². The molecule has 2 aliphatic heterocycles. The highest BCUT2D eigenvalue weighted by atomic mass is 32.2. The minimum Gasteiger partial charge on any atom is -0.484 e. The van der Waals surface area contributed by atoms with E-state index in [4.69, 9.17) is 17.0 Å². The van der Waals surface area contributed by atoms with E-state index in [-0.39, 0.29) is 17.9 Å². The zero-order chi connectivity index (χ0) is 18.4. The predicted octanol–water partition coefficient (Wildman–Crippen LogP) is 1.89. The lowest BCUT2D eigenvalue weighted by atomic mass is 9.87. The Morgan fingerprint density at radius 1 is 1.32 bits per heavy atom. The molecule has 0 aromatic heterocycles. The Morgan fingerprint density at radius 2 is 1.96 bits per heavy atom. The molecule has 1 aromatic rings. The van der Waals surface area contributed by atoms with Gasteiger partial charge in [0.25, 0.3) is 5.91 Å². The van der Waals surface area contributed by atoms with Crippen LogP contribution in [0.25, 0.3) is 0 Å². The van der Waals surface area contributed by atoms with Gasteiger partial charge in [0.1, 0.15) is 27.7 Å². The molecule has 3 atom stereocenters. The van der Waals surface area contributed by atoms with Crippen LogP contribution in [0.4, 0.5) is 0 Å². The summed E-state index contributed by atoms with van der Waals surface area (Å²) in [6, 6.07) is 8.39. The molecule has 6 nitrogen and oxygen atoms in total. The summed E-state index contributed by atoms with van der Waals surface area (Å²) in [7, 11) is 0. The fraction of sp³-hybridized carbons (Fsp3) is 0.471. The molecular weight excluding hydrogens is 360 g/mol. The summed E-state index contributed by atoms with van der Waals surface area (Å²) >= 11 is 6.97. The van der Waals surface area contributed by atoms with E-state index in [1.54, 1.807) is 17.0 Å². The molecule has 3 rings (SSSR count). The van der Waals surface area contributed by atoms with Gasteiger partial charge in [-0.15, -0.1) is 11.8 Å². The number of ether oxygens (including phenoxy) is 1. The number of thiocarbonyl (C=S) groups is 1. The molecule has 0 unspecified atom stereocenters. The second kappa shape index (κ2) is 6.17. The number of rotatable bonds is 5. The monoisotopic (exact) mass is 380 g/mol. The maximum Gasteiger partial charge on any atom is 0.327 e. The van der Waals surface area contributed by atoms with Crippen molar-refractivity contribution in [3.8, 4) is 5.75 Å². The fourth-order valence-corrected chi connectivity index (χ4v) is 5.51. The van der Waals surface area contributed by atoms with Gasteiger partial charge in [0.2, 0.25) is 0 Å². The van der Waals surface area contributed by atoms with Crippen LogP contribution in [0.2, 0.25) is 0 Å². The molecule has 2 N–H and O–H groups in total. The number of nitrogens with zero attached hydrogens (tertiary/aromatic N) is 1. The maximum absolute atomic E-state index is 12.3. The lowest BCUT2D eigenvalue weighted by Gasteiger charge is -2.54. The quantitative estimate of drug-likeness (QED) is 0.755. The van der Waals surface area contributed by atoms with Crippen molar-refractivity contribution in [1.29, 1.82) is 0 Å². The van der Waals surface area contributed by atoms with Gasteiger partial charge in [0.05, 0.1) is 0 Å². The van der Waals surface area contributed by atoms with Crippen LogP contribution in [0.5, 0.6) is 5.75 Å². The summed E-state index contributed by atoms with van der Waals surface area (Å²) in [5, 5.41) is 12.3. The number of hydrogen-bond donors (Lipinski definition) is 2. The van der Waals surface area contributed by atoms with E-state index >= 15 is 0 Å². The van der Waals surface area contributed by atoms with Gasteiger partial charge in [-0.1, -0.05) is 30.4 Å². The lowest BCUT2D eigenvalue weighted by molar-refractivity contribution is -0.143. The molecule has 1 amide bonds. The standard InChI is InChI=1S/C17H20N2O4S2/c1-16(2)12(13(21)22)19-14(24)17(3,15(19)25-16)18-11(20)9-23-10-7-5-4-6-8-10/h4-8,12,15H,9H2,1-3H3,(H,18,20)(H,21,22)/t12-,15+,17-/m0/s1. The molecule has 1 aromatic carbocycles. The smallest absolute Gasteiger partial charge is 0.327 e. The number of carbonyl (C=O) groups is 2. The first-order valence-electron chi connectivity index (χ1n) is 7.89. The fourth-order valence-electron chi connectivity index (χ4n) is 3.33. The summed E-state index contributed by atoms with van der Waals surface area (Å²) in [5.41, 5.74) is -0.751. The van der Waals surface area contributed by atoms with Crippen molar-refractivity contribution in [3.63, 3.8) is 0 Å². The van der Waals surface area contributed by atoms with Crippen LogP contribution >= 0.6 is 24.0 Å². The molecule has 0 spiro atoms. The molecule has 2 aliphatic rings. The van der Waals surface area contributed by atoms with Gasteiger partial charge in [0, 0.05) is 4.75 Å². The summed E-state index contributed by atoms with van der Waals surface area (Å²) in [6.07, 6.45) is 0. The minimum absolute atomic E-state index is 0.120. The number of carboxylic acid groups (broad SMARTS) is 1. The van der Waals surface area contributed by atoms with Crippen LogP contribution in [0.15, 0.2) is 30.3 Å². The van der Waals surface area contributed by atoms with Crippen molar-refractivity contribution in [1.82, 2.24) is 10.2 Å². The second-order valence-electron chi connectivity index (χ2n) is 6.88. The molecule has 0 radical (unpaired) electrons. The van der Waals surface area contributed by atoms with Crippen molar-refractivity contribution in [2.24, 2.45) is 0 Å². The molecule has 0 bridgehead atoms. The molecule has 134 valence electrons. The van der Waals surface area contributed by atoms with Crippen molar-refractivity contribution < 1.29 is 19.4 Å². The Morgan fingerprint density at radius 3 is 2.56 bits per heavy atom. The van der Waals surface area contributed by atoms with Crippen LogP contribution in [0, 0.1) is 0 Å². The van der Waals surface area contributed by atoms with E-state index in [2.05, 4.69) is 5.32 Å². The highest BCUT2D eigenvalue weighted by Gasteiger charge is 2.67. The van der Waals surface area contributed by atoms with Gasteiger partial charge in [-0.2, -0.15) is 0 Å². The predicted molar refractivity (Wildman–Crippen MR) is 99.8 cm³/mol. The topological polar surface area (TPSA) is 78.9 Å². The van der Waals surface area contributed by atoms with E-state index in [1.165, 1.54) is 11.8 Å². The largest absolute Gasteiger partial charge is 0.484 e. The van der Waals surface area contributed by atoms with Gasteiger partial charge in [0.15, 0.2) is 6.61 Å². The molecule has 25 heavy (non-hydrogen) atoms. The zero-order valence-corrected chi connectivity index (χ0v) is 15.8. The molecular formula is C17H20N2O4S2. The number of para-hydroxylation sites is 1. The summed E-state index contributed by atoms with van der Waals surface area (Å²) < 4.78 is 4.96. The van der Waals surface area contributed by atoms with Gasteiger partial charge in [-0.25, -0.2) is 4.79 Å². The second-order valence-corrected chi connectivity index (χ2v) is 9.00. The first-order valence-corrected chi connectivity index (χ1v) is 9.18. The summed E-state index contributed by atoms with van der Waals surface area (Å²) in [4.78, 5) is 26.1. The highest BCUT2D eigenvalue weighted by molar-refractivity contribution is 8.02. The zero-order valence-electron chi connectivity index (χ0n) is 14.2. The number of benzene rings is 1. The third-order valence-corrected chi connectivity index (χ3v) is 6.91. The normalized spacial score (nSPS) is 29.6. The van der Waals surface area contributed by atoms with E-state index < -0.39 is 22.3 Å². The number of carbonyl (C=O) groups excluding carboxylic acids is 1. The summed E-state index contributed by atoms with van der Waals surface area (Å²) in [6.45, 7) is 5.49. The van der Waals surface area contributed by atoms with Gasteiger partial charge >= 0.3 is 5.97 Å². The lowest BCUT2D eigenvalue weighted by Crippen LogP contribution is -2.77. The van der Waals surface area contributed by atoms with Crippen molar-refractivity contribution in [2.45, 2.75) is 42.5 Å². The maximum atomic E-state index is 12.3. The molecule has 0 aliphatic carbocycles. The average Bonchev–Trinajstić information content (AvgIpc) is 2.83. The molecule has 0 saturated carbocycles. The molecule has 2 heterocycles. The van der Waals surface area contributed by atoms with Crippen LogP contribution in [0.1, 0.15) is 20.8 Å². The number of carboxylic acids is 1. The third kappa shape index (κ3) is 2.97. The number of aliphatic carboxylic acids is 1. The molecule has 2 fully saturated rings. The van der Waals surface area contributed by atoms with E-state index in [0.717, 1.165) is 0 Å². The first kappa shape index (κ1) is 18.0. The Bertz CT molecular complexity index is 725. The van der Waals surface area contributed by atoms with E-state index in [0.29, 0.717) is 10.7 Å². The number of hydrogen-bond acceptors (Lipinski definition) is 5. The van der Waals surface area contributed by atoms with Crippen LogP contribution in [-0.4, -0.2) is 55.2 Å². The average molecular weight is 380 g/mol. The SMILES string of the molecule is CC1(C)S[C@H]2N(C(=S)[C@]2(C)NC(=O)COc2ccccc2)[C@H]1C(=O)O. The van der Waals surface area contributed by atoms with Crippen LogP contribution in [-0.2, 0) is 9.59 Å². The first-order chi connectivity index (χ1) is 11.7. The third-order valence-electron chi connectivity index (χ3n) is 4.52. The summed E-state index contributed by atoms with van der Waals surface area (Å²) in [5.74, 6) is -0.573. The Kier molecular flexibility index (Phi) is 4.45. The van der Waals surface area contributed by atoms with Gasteiger partial charge < -0.3 is 20.1 Å². The van der Waals surface area contributed by atoms with Crippen LogP contribution in [0.3, 0.4) is 0 Å². The molecule has 2 saturated heterocycles. The van der Waals surface area contributed by atoms with E-state index in [9.17, 15) is 14.7 Å². The van der Waals surface area contributed by atoms with Gasteiger partial charge in [-0.05, 0) is 32.9 Å². The number of nitrogens with one attached hydrogen (secondary N) is 1. The highest BCUT2D eigenvalue weighted by Crippen LogP contribution is 2.55. The van der Waals surface area contributed by atoms with Gasteiger partial charge in [-0.3, -0.25) is 4.79 Å². The van der Waals surface area contributed by atoms with Crippen molar-refractivity contribution >= 4 is 40.8 Å². The Labute approximate surface area is 155 Å². The number of fused-ring (bicyclic) bond motifs is 1. The van der Waals surface area contributed by atoms with Crippen molar-refractivity contribution in [3.05, 3.63) is 30.3 Å². The Balaban J connectivity index is 1.66. The van der Waals surface area contributed by atoms with E-state index in [1.807, 2.05) is 39.0 Å². The Hall–Kier alpha value is -1.80. The molecule has 8 heteroatoms. The number of amides is 1. The van der Waals surface area contributed by atoms with Crippen molar-refractivity contribution in [2.75, 3.05) is 6.61 Å². The minimum atomic E-state index is -0.900. The number of thioether (sulfide) groups is 1.